The van der Waals surface area contributed by atoms with E-state index in [9.17, 15) is 0 Å². The Morgan fingerprint density at radius 1 is 0.652 bits per heavy atom. The second-order valence-corrected chi connectivity index (χ2v) is 7.57. The summed E-state index contributed by atoms with van der Waals surface area (Å²) in [5, 5.41) is 4.34. The summed E-state index contributed by atoms with van der Waals surface area (Å²) in [5.74, 6) is 0. The second kappa shape index (κ2) is 9.01. The monoisotopic (exact) mass is 384 g/mol. The van der Waals surface area contributed by atoms with Crippen molar-refractivity contribution >= 4 is 40.8 Å². The Kier molecular flexibility index (Phi) is 7.02. The van der Waals surface area contributed by atoms with Crippen LogP contribution in [0.3, 0.4) is 0 Å². The van der Waals surface area contributed by atoms with Crippen LogP contribution in [0, 0.1) is 0 Å². The van der Waals surface area contributed by atoms with E-state index in [0.29, 0.717) is 0 Å². The van der Waals surface area contributed by atoms with E-state index in [-0.39, 0.29) is 17.0 Å². The average molecular weight is 385 g/mol. The first-order valence-electron chi connectivity index (χ1n) is 7.88. The molecule has 3 aromatic rings. The molecule has 3 aromatic carbocycles. The van der Waals surface area contributed by atoms with E-state index in [2.05, 4.69) is 91.9 Å². The first-order chi connectivity index (χ1) is 10.9. The van der Waals surface area contributed by atoms with Gasteiger partial charge in [0.05, 0.1) is 0 Å². The molecule has 0 aliphatic rings. The lowest BCUT2D eigenvalue weighted by Gasteiger charge is -2.22. The fraction of sp³-hybridized carbons (Fsp3) is 0.143. The first-order valence-corrected chi connectivity index (χ1v) is 9.22. The van der Waals surface area contributed by atoms with Gasteiger partial charge in [-0.25, -0.2) is 0 Å². The Balaban J connectivity index is 0.00000192. The summed E-state index contributed by atoms with van der Waals surface area (Å²) in [6, 6.07) is 30.8. The predicted octanol–water partition coefficient (Wildman–Crippen LogP) is 4.98. The molecule has 0 amide bonds. The second-order valence-electron chi connectivity index (χ2n) is 5.39. The van der Waals surface area contributed by atoms with Gasteiger partial charge in [-0.05, 0) is 35.8 Å². The van der Waals surface area contributed by atoms with E-state index < -0.39 is 7.92 Å². The van der Waals surface area contributed by atoms with Gasteiger partial charge in [0.15, 0.2) is 0 Å². The molecule has 0 bridgehead atoms. The van der Waals surface area contributed by atoms with Crippen molar-refractivity contribution in [2.24, 2.45) is 0 Å². The van der Waals surface area contributed by atoms with E-state index >= 15 is 0 Å². The van der Waals surface area contributed by atoms with Crippen LogP contribution in [0.25, 0.3) is 0 Å². The summed E-state index contributed by atoms with van der Waals surface area (Å²) < 4.78 is 0. The van der Waals surface area contributed by atoms with Gasteiger partial charge in [0.25, 0.3) is 0 Å². The zero-order chi connectivity index (χ0) is 15.2. The highest BCUT2D eigenvalue weighted by molar-refractivity contribution is 8.93. The van der Waals surface area contributed by atoms with Crippen molar-refractivity contribution in [1.82, 2.24) is 0 Å². The molecular formula is C21H22BrP. The molecule has 0 unspecified atom stereocenters. The molecule has 0 aliphatic heterocycles. The van der Waals surface area contributed by atoms with E-state index in [0.717, 1.165) is 6.42 Å². The van der Waals surface area contributed by atoms with Gasteiger partial charge in [0.1, 0.15) is 0 Å². The van der Waals surface area contributed by atoms with Crippen molar-refractivity contribution in [2.75, 3.05) is 0 Å². The highest BCUT2D eigenvalue weighted by atomic mass is 79.9. The lowest BCUT2D eigenvalue weighted by molar-refractivity contribution is 0.927. The molecule has 0 N–H and O–H groups in total. The van der Waals surface area contributed by atoms with E-state index in [1.807, 2.05) is 0 Å². The van der Waals surface area contributed by atoms with Gasteiger partial charge in [-0.1, -0.05) is 98.3 Å². The standard InChI is InChI=1S/C21H21P.BrH/c1-2-11-18-12-9-10-17-21(18)22(19-13-5-3-6-14-19)20-15-7-4-8-16-20;/h3-10,12-17H,2,11H2,1H3;1H. The van der Waals surface area contributed by atoms with Crippen LogP contribution in [0.15, 0.2) is 84.9 Å². The molecule has 0 nitrogen and oxygen atoms in total. The molecule has 0 radical (unpaired) electrons. The molecule has 0 saturated heterocycles. The number of hydrogen-bond donors (Lipinski definition) is 0. The zero-order valence-electron chi connectivity index (χ0n) is 13.4. The fourth-order valence-electron chi connectivity index (χ4n) is 2.79. The molecular weight excluding hydrogens is 363 g/mol. The number of aryl methyl sites for hydroxylation is 1. The maximum atomic E-state index is 2.32. The number of rotatable bonds is 5. The predicted molar refractivity (Wildman–Crippen MR) is 109 cm³/mol. The van der Waals surface area contributed by atoms with Crippen LogP contribution in [-0.2, 0) is 6.42 Å². The minimum atomic E-state index is -0.478. The van der Waals surface area contributed by atoms with Crippen LogP contribution in [0.1, 0.15) is 18.9 Å². The van der Waals surface area contributed by atoms with E-state index in [4.69, 9.17) is 0 Å². The SMILES string of the molecule is Br.CCCc1ccccc1P(c1ccccc1)c1ccccc1. The van der Waals surface area contributed by atoms with Gasteiger partial charge in [-0.3, -0.25) is 0 Å². The minimum absolute atomic E-state index is 0. The Bertz CT molecular complexity index is 671. The normalized spacial score (nSPS) is 10.3. The average Bonchev–Trinajstić information content (AvgIpc) is 2.59. The molecule has 2 heteroatoms. The summed E-state index contributed by atoms with van der Waals surface area (Å²) in [6.07, 6.45) is 2.33. The summed E-state index contributed by atoms with van der Waals surface area (Å²) in [7, 11) is -0.478. The van der Waals surface area contributed by atoms with Crippen molar-refractivity contribution in [1.29, 1.82) is 0 Å². The number of hydrogen-bond acceptors (Lipinski definition) is 0. The van der Waals surface area contributed by atoms with Crippen molar-refractivity contribution in [2.45, 2.75) is 19.8 Å². The molecule has 118 valence electrons. The van der Waals surface area contributed by atoms with Crippen LogP contribution >= 0.6 is 24.9 Å². The third-order valence-electron chi connectivity index (χ3n) is 3.78. The van der Waals surface area contributed by atoms with Crippen molar-refractivity contribution < 1.29 is 0 Å². The maximum Gasteiger partial charge on any atom is -0.0119 e. The quantitative estimate of drug-likeness (QED) is 0.544. The number of halogens is 1. The van der Waals surface area contributed by atoms with Gasteiger partial charge in [0.2, 0.25) is 0 Å². The van der Waals surface area contributed by atoms with Gasteiger partial charge in [-0.2, -0.15) is 0 Å². The first kappa shape index (κ1) is 17.9. The molecule has 0 aliphatic carbocycles. The Labute approximate surface area is 151 Å². The van der Waals surface area contributed by atoms with Gasteiger partial charge in [-0.15, -0.1) is 17.0 Å². The molecule has 0 saturated carbocycles. The minimum Gasteiger partial charge on any atom is -0.114 e. The summed E-state index contributed by atoms with van der Waals surface area (Å²) in [4.78, 5) is 0. The molecule has 0 fully saturated rings. The lowest BCUT2D eigenvalue weighted by Crippen LogP contribution is -2.23. The van der Waals surface area contributed by atoms with E-state index in [1.165, 1.54) is 27.9 Å². The summed E-state index contributed by atoms with van der Waals surface area (Å²) >= 11 is 0. The molecule has 0 atom stereocenters. The fourth-order valence-corrected chi connectivity index (χ4v) is 5.29. The highest BCUT2D eigenvalue weighted by Gasteiger charge is 2.18. The molecule has 23 heavy (non-hydrogen) atoms. The Hall–Kier alpha value is -1.43. The van der Waals surface area contributed by atoms with Crippen molar-refractivity contribution in [3.63, 3.8) is 0 Å². The van der Waals surface area contributed by atoms with Crippen LogP contribution in [0.5, 0.6) is 0 Å². The topological polar surface area (TPSA) is 0 Å². The molecule has 3 rings (SSSR count). The van der Waals surface area contributed by atoms with Gasteiger partial charge < -0.3 is 0 Å². The van der Waals surface area contributed by atoms with Crippen LogP contribution in [0.2, 0.25) is 0 Å². The third-order valence-corrected chi connectivity index (χ3v) is 6.33. The van der Waals surface area contributed by atoms with Crippen molar-refractivity contribution in [3.8, 4) is 0 Å². The molecule has 0 aromatic heterocycles. The van der Waals surface area contributed by atoms with Crippen LogP contribution < -0.4 is 15.9 Å². The third kappa shape index (κ3) is 4.31. The Morgan fingerprint density at radius 3 is 1.65 bits per heavy atom. The number of benzene rings is 3. The zero-order valence-corrected chi connectivity index (χ0v) is 16.0. The smallest absolute Gasteiger partial charge is 0.0119 e. The summed E-state index contributed by atoms with van der Waals surface area (Å²) in [5.41, 5.74) is 1.49. The van der Waals surface area contributed by atoms with Crippen LogP contribution in [0.4, 0.5) is 0 Å². The Morgan fingerprint density at radius 2 is 1.13 bits per heavy atom. The largest absolute Gasteiger partial charge is 0.114 e. The maximum absolute atomic E-state index is 2.32. The van der Waals surface area contributed by atoms with Crippen LogP contribution in [-0.4, -0.2) is 0 Å². The highest BCUT2D eigenvalue weighted by Crippen LogP contribution is 2.34. The van der Waals surface area contributed by atoms with Gasteiger partial charge in [0, 0.05) is 0 Å². The van der Waals surface area contributed by atoms with Crippen molar-refractivity contribution in [3.05, 3.63) is 90.5 Å². The van der Waals surface area contributed by atoms with Gasteiger partial charge >= 0.3 is 0 Å². The molecule has 0 spiro atoms. The van der Waals surface area contributed by atoms with E-state index in [1.54, 1.807) is 0 Å². The summed E-state index contributed by atoms with van der Waals surface area (Å²) in [6.45, 7) is 2.25. The molecule has 0 heterocycles. The lowest BCUT2D eigenvalue weighted by atomic mass is 10.1.